The average Bonchev–Trinajstić information content (AvgIpc) is 2.41. The molecule has 102 valence electrons. The molecule has 1 rings (SSSR count). The van der Waals surface area contributed by atoms with E-state index in [1.807, 2.05) is 0 Å². The molecule has 0 aliphatic rings. The van der Waals surface area contributed by atoms with Gasteiger partial charge in [0, 0.05) is 23.6 Å². The molecule has 6 heteroatoms. The number of nitrogens with one attached hydrogen (secondary N) is 1. The molecule has 1 aromatic rings. The fourth-order valence-electron chi connectivity index (χ4n) is 1.46. The Kier molecular flexibility index (Phi) is 5.89. The maximum atomic E-state index is 10.2. The van der Waals surface area contributed by atoms with Crippen LogP contribution in [0.1, 0.15) is 11.7 Å². The third-order valence-corrected chi connectivity index (χ3v) is 3.22. The van der Waals surface area contributed by atoms with Gasteiger partial charge in [0.2, 0.25) is 0 Å². The quantitative estimate of drug-likeness (QED) is 0.558. The van der Waals surface area contributed by atoms with Gasteiger partial charge in [0.15, 0.2) is 0 Å². The maximum Gasteiger partial charge on any atom is 0.127 e. The van der Waals surface area contributed by atoms with Crippen molar-refractivity contribution in [1.82, 2.24) is 0 Å². The molecule has 0 aromatic heterocycles. The van der Waals surface area contributed by atoms with Gasteiger partial charge in [-0.2, -0.15) is 0 Å². The number of hydrogen-bond donors (Lipinski definition) is 3. The Labute approximate surface area is 121 Å². The van der Waals surface area contributed by atoms with E-state index in [1.165, 1.54) is 0 Å². The van der Waals surface area contributed by atoms with Gasteiger partial charge in [-0.05, 0) is 12.1 Å². The smallest absolute Gasteiger partial charge is 0.127 e. The summed E-state index contributed by atoms with van der Waals surface area (Å²) < 4.78 is 5.42. The first kappa shape index (κ1) is 15.6. The van der Waals surface area contributed by atoms with Crippen molar-refractivity contribution in [3.63, 3.8) is 0 Å². The van der Waals surface area contributed by atoms with Crippen molar-refractivity contribution < 1.29 is 9.84 Å². The molecule has 4 nitrogen and oxygen atoms in total. The summed E-state index contributed by atoms with van der Waals surface area (Å²) in [5.41, 5.74) is 5.82. The highest BCUT2D eigenvalue weighted by Gasteiger charge is 2.22. The van der Waals surface area contributed by atoms with E-state index >= 15 is 0 Å². The van der Waals surface area contributed by atoms with E-state index in [4.69, 9.17) is 39.1 Å². The van der Waals surface area contributed by atoms with Crippen molar-refractivity contribution in [1.29, 1.82) is 5.41 Å². The van der Waals surface area contributed by atoms with E-state index in [9.17, 15) is 5.11 Å². The molecule has 0 fully saturated rings. The number of hydrogen-bond acceptors (Lipinski definition) is 4. The minimum atomic E-state index is -1.19. The molecule has 0 saturated carbocycles. The Morgan fingerprint density at radius 3 is 2.74 bits per heavy atom. The topological polar surface area (TPSA) is 79.3 Å². The molecule has 1 atom stereocenters. The molecule has 0 spiro atoms. The second-order valence-corrected chi connectivity index (χ2v) is 4.37. The highest BCUT2D eigenvalue weighted by Crippen LogP contribution is 2.39. The second-order valence-electron chi connectivity index (χ2n) is 3.59. The summed E-state index contributed by atoms with van der Waals surface area (Å²) in [6, 6.07) is 3.16. The fourth-order valence-corrected chi connectivity index (χ4v) is 1.89. The lowest BCUT2D eigenvalue weighted by Crippen LogP contribution is -2.08. The number of halogens is 2. The van der Waals surface area contributed by atoms with E-state index < -0.39 is 6.10 Å². The highest BCUT2D eigenvalue weighted by molar-refractivity contribution is 6.42. The van der Waals surface area contributed by atoms with Gasteiger partial charge in [-0.15, -0.1) is 0 Å². The lowest BCUT2D eigenvalue weighted by Gasteiger charge is -2.18. The van der Waals surface area contributed by atoms with Crippen LogP contribution in [-0.4, -0.2) is 17.9 Å². The van der Waals surface area contributed by atoms with Gasteiger partial charge in [0.05, 0.1) is 10.0 Å². The molecule has 1 aromatic carbocycles. The predicted octanol–water partition coefficient (Wildman–Crippen LogP) is 3.08. The molecular weight excluding hydrogens is 287 g/mol. The fraction of sp³-hybridized carbons (Fsp3) is 0.154. The number of rotatable bonds is 6. The van der Waals surface area contributed by atoms with Crippen LogP contribution in [0.3, 0.4) is 0 Å². The normalized spacial score (nSPS) is 12.9. The number of aliphatic hydroxyl groups excluding tert-OH is 1. The van der Waals surface area contributed by atoms with Crippen LogP contribution in [0, 0.1) is 5.41 Å². The van der Waals surface area contributed by atoms with Crippen molar-refractivity contribution >= 4 is 29.4 Å². The first-order valence-electron chi connectivity index (χ1n) is 5.38. The van der Waals surface area contributed by atoms with Gasteiger partial charge < -0.3 is 21.0 Å². The first-order chi connectivity index (χ1) is 9.06. The van der Waals surface area contributed by atoms with Crippen LogP contribution in [0.2, 0.25) is 10.0 Å². The Balaban J connectivity index is 3.32. The largest absolute Gasteiger partial charge is 0.489 e. The molecule has 0 heterocycles. The summed E-state index contributed by atoms with van der Waals surface area (Å²) in [7, 11) is 0. The molecule has 0 amide bonds. The molecule has 0 bridgehead atoms. The standard InChI is InChI=1S/C13H14Cl2N2O2/c1-2-5-19-10-4-3-9(14)12(15)11(10)13(18)8(6-16)7-17/h2-4,6-7,13,16,18H,1,5,17H2/b8-7+,16-6?. The molecular formula is C13H14Cl2N2O2. The lowest BCUT2D eigenvalue weighted by molar-refractivity contribution is 0.215. The van der Waals surface area contributed by atoms with Crippen LogP contribution >= 0.6 is 23.2 Å². The van der Waals surface area contributed by atoms with Crippen LogP contribution < -0.4 is 10.5 Å². The van der Waals surface area contributed by atoms with Crippen LogP contribution in [-0.2, 0) is 0 Å². The van der Waals surface area contributed by atoms with Crippen LogP contribution in [0.15, 0.2) is 36.6 Å². The van der Waals surface area contributed by atoms with Crippen LogP contribution in [0.5, 0.6) is 5.75 Å². The number of benzene rings is 1. The number of nitrogens with two attached hydrogens (primary N) is 1. The maximum absolute atomic E-state index is 10.2. The minimum Gasteiger partial charge on any atom is -0.489 e. The summed E-state index contributed by atoms with van der Waals surface area (Å²) >= 11 is 12.0. The van der Waals surface area contributed by atoms with E-state index in [1.54, 1.807) is 18.2 Å². The van der Waals surface area contributed by atoms with Gasteiger partial charge >= 0.3 is 0 Å². The zero-order valence-electron chi connectivity index (χ0n) is 10.1. The summed E-state index contributed by atoms with van der Waals surface area (Å²) in [5.74, 6) is 0.364. The van der Waals surface area contributed by atoms with Crippen molar-refractivity contribution in [3.05, 3.63) is 52.2 Å². The van der Waals surface area contributed by atoms with Crippen LogP contribution in [0.25, 0.3) is 0 Å². The third-order valence-electron chi connectivity index (χ3n) is 2.40. The molecule has 1 unspecified atom stereocenters. The van der Waals surface area contributed by atoms with Gasteiger partial charge in [-0.25, -0.2) is 0 Å². The van der Waals surface area contributed by atoms with E-state index in [-0.39, 0.29) is 27.8 Å². The summed E-state index contributed by atoms with van der Waals surface area (Å²) in [6.07, 6.45) is 2.45. The van der Waals surface area contributed by atoms with Gasteiger partial charge in [-0.3, -0.25) is 0 Å². The summed E-state index contributed by atoms with van der Waals surface area (Å²) in [6.45, 7) is 3.80. The Bertz CT molecular complexity index is 516. The monoisotopic (exact) mass is 300 g/mol. The highest BCUT2D eigenvalue weighted by atomic mass is 35.5. The van der Waals surface area contributed by atoms with Gasteiger partial charge in [0.1, 0.15) is 18.5 Å². The Morgan fingerprint density at radius 1 is 1.53 bits per heavy atom. The Morgan fingerprint density at radius 2 is 2.21 bits per heavy atom. The van der Waals surface area contributed by atoms with E-state index in [0.717, 1.165) is 12.4 Å². The van der Waals surface area contributed by atoms with Crippen molar-refractivity contribution in [2.24, 2.45) is 5.73 Å². The average molecular weight is 301 g/mol. The summed E-state index contributed by atoms with van der Waals surface area (Å²) in [4.78, 5) is 0. The molecule has 0 saturated heterocycles. The SMILES string of the molecule is C=CCOc1ccc(Cl)c(Cl)c1C(O)/C(C=N)=C/N. The Hall–Kier alpha value is -1.49. The minimum absolute atomic E-state index is 0.164. The first-order valence-corrected chi connectivity index (χ1v) is 6.14. The molecule has 0 aliphatic carbocycles. The predicted molar refractivity (Wildman–Crippen MR) is 78.2 cm³/mol. The summed E-state index contributed by atoms with van der Waals surface area (Å²) in [5, 5.41) is 17.9. The number of ether oxygens (including phenoxy) is 1. The molecule has 0 aliphatic heterocycles. The number of aliphatic hydroxyl groups is 1. The van der Waals surface area contributed by atoms with Crippen LogP contribution in [0.4, 0.5) is 0 Å². The third kappa shape index (κ3) is 3.50. The molecule has 4 N–H and O–H groups in total. The second kappa shape index (κ2) is 7.19. The van der Waals surface area contributed by atoms with E-state index in [0.29, 0.717) is 5.75 Å². The van der Waals surface area contributed by atoms with Crippen molar-refractivity contribution in [2.45, 2.75) is 6.10 Å². The molecule has 19 heavy (non-hydrogen) atoms. The lowest BCUT2D eigenvalue weighted by atomic mass is 10.0. The zero-order chi connectivity index (χ0) is 14.4. The molecule has 0 radical (unpaired) electrons. The van der Waals surface area contributed by atoms with Gasteiger partial charge in [-0.1, -0.05) is 35.9 Å². The van der Waals surface area contributed by atoms with E-state index in [2.05, 4.69) is 6.58 Å². The van der Waals surface area contributed by atoms with Gasteiger partial charge in [0.25, 0.3) is 0 Å². The van der Waals surface area contributed by atoms with Crippen molar-refractivity contribution in [3.8, 4) is 5.75 Å². The van der Waals surface area contributed by atoms with Crippen molar-refractivity contribution in [2.75, 3.05) is 6.61 Å². The zero-order valence-corrected chi connectivity index (χ0v) is 11.6.